The number of benzene rings is 2. The molecule has 4 rings (SSSR count). The number of hydrogen-bond acceptors (Lipinski definition) is 4. The summed E-state index contributed by atoms with van der Waals surface area (Å²) in [6, 6.07) is 20.8. The van der Waals surface area contributed by atoms with Crippen molar-refractivity contribution in [3.8, 4) is 21.1 Å². The Hall–Kier alpha value is -2.47. The number of carbonyl (C=O) groups excluding carboxylic acids is 1. The van der Waals surface area contributed by atoms with Crippen LogP contribution in [0.3, 0.4) is 0 Å². The largest absolute Gasteiger partial charge is 0.312 e. The van der Waals surface area contributed by atoms with E-state index in [0.717, 1.165) is 26.1 Å². The highest BCUT2D eigenvalue weighted by Gasteiger charge is 2.18. The van der Waals surface area contributed by atoms with Crippen molar-refractivity contribution in [2.75, 3.05) is 5.32 Å². The topological polar surface area (TPSA) is 42.0 Å². The van der Waals surface area contributed by atoms with Gasteiger partial charge in [0.15, 0.2) is 0 Å². The average Bonchev–Trinajstić information content (AvgIpc) is 3.32. The van der Waals surface area contributed by atoms with Gasteiger partial charge in [0.05, 0.1) is 4.88 Å². The minimum absolute atomic E-state index is 0.178. The van der Waals surface area contributed by atoms with Crippen molar-refractivity contribution in [2.24, 2.45) is 0 Å². The lowest BCUT2D eigenvalue weighted by atomic mass is 10.2. The molecule has 4 aromatic rings. The number of rotatable bonds is 4. The fourth-order valence-corrected chi connectivity index (χ4v) is 4.36. The Kier molecular flexibility index (Phi) is 4.84. The van der Waals surface area contributed by atoms with E-state index < -0.39 is 0 Å². The van der Waals surface area contributed by atoms with Crippen LogP contribution in [0.5, 0.6) is 0 Å². The molecule has 2 aromatic heterocycles. The van der Waals surface area contributed by atoms with E-state index in [1.54, 1.807) is 35.6 Å². The summed E-state index contributed by atoms with van der Waals surface area (Å²) in [5.41, 5.74) is 2.38. The molecule has 1 N–H and O–H groups in total. The van der Waals surface area contributed by atoms with E-state index in [0.29, 0.717) is 10.6 Å². The van der Waals surface area contributed by atoms with Gasteiger partial charge in [0.1, 0.15) is 15.7 Å². The quantitative estimate of drug-likeness (QED) is 0.431. The first kappa shape index (κ1) is 17.0. The van der Waals surface area contributed by atoms with E-state index in [2.05, 4.69) is 5.32 Å². The Morgan fingerprint density at radius 3 is 2.42 bits per heavy atom. The minimum atomic E-state index is -0.178. The van der Waals surface area contributed by atoms with Gasteiger partial charge >= 0.3 is 0 Å². The monoisotopic (exact) mass is 396 g/mol. The number of nitrogens with one attached hydrogen (secondary N) is 1. The molecule has 2 aromatic carbocycles. The summed E-state index contributed by atoms with van der Waals surface area (Å²) in [6.07, 6.45) is 0. The van der Waals surface area contributed by atoms with Crippen LogP contribution in [0, 0.1) is 0 Å². The predicted molar refractivity (Wildman–Crippen MR) is 110 cm³/mol. The zero-order valence-corrected chi connectivity index (χ0v) is 15.9. The van der Waals surface area contributed by atoms with Gasteiger partial charge in [0, 0.05) is 16.1 Å². The molecule has 0 unspecified atom stereocenters. The Morgan fingerprint density at radius 1 is 0.962 bits per heavy atom. The molecule has 128 valence electrons. The molecule has 1 amide bonds. The highest BCUT2D eigenvalue weighted by atomic mass is 35.5. The standard InChI is InChI=1S/C20H13ClN2OS2/c21-15-10-8-13(9-11-15)18(24)23-20-17(16-7-4-12-25-16)22-19(26-20)14-5-2-1-3-6-14/h1-12H,(H,23,24). The maximum Gasteiger partial charge on any atom is 0.256 e. The van der Waals surface area contributed by atoms with Gasteiger partial charge in [0.2, 0.25) is 0 Å². The number of hydrogen-bond donors (Lipinski definition) is 1. The van der Waals surface area contributed by atoms with E-state index in [1.807, 2.05) is 47.8 Å². The summed E-state index contributed by atoms with van der Waals surface area (Å²) >= 11 is 8.98. The molecule has 6 heteroatoms. The molecule has 0 saturated heterocycles. The molecule has 0 fully saturated rings. The van der Waals surface area contributed by atoms with Crippen molar-refractivity contribution < 1.29 is 4.79 Å². The van der Waals surface area contributed by atoms with Crippen molar-refractivity contribution in [1.82, 2.24) is 4.98 Å². The van der Waals surface area contributed by atoms with Gasteiger partial charge < -0.3 is 5.32 Å². The lowest BCUT2D eigenvalue weighted by molar-refractivity contribution is 0.102. The molecule has 0 aliphatic heterocycles. The predicted octanol–water partition coefficient (Wildman–Crippen LogP) is 6.44. The number of thiophene rings is 1. The maximum absolute atomic E-state index is 12.6. The van der Waals surface area contributed by atoms with Crippen LogP contribution < -0.4 is 5.32 Å². The first-order chi connectivity index (χ1) is 12.7. The van der Waals surface area contributed by atoms with E-state index in [-0.39, 0.29) is 5.91 Å². The summed E-state index contributed by atoms with van der Waals surface area (Å²) < 4.78 is 0. The van der Waals surface area contributed by atoms with E-state index in [1.165, 1.54) is 11.3 Å². The zero-order valence-electron chi connectivity index (χ0n) is 13.5. The Balaban J connectivity index is 1.71. The maximum atomic E-state index is 12.6. The van der Waals surface area contributed by atoms with Gasteiger partial charge in [0.25, 0.3) is 5.91 Å². The normalized spacial score (nSPS) is 10.7. The zero-order chi connectivity index (χ0) is 17.9. The molecule has 2 heterocycles. The molecular formula is C20H13ClN2OS2. The van der Waals surface area contributed by atoms with Gasteiger partial charge in [-0.25, -0.2) is 4.98 Å². The van der Waals surface area contributed by atoms with Gasteiger partial charge in [-0.05, 0) is 35.7 Å². The van der Waals surface area contributed by atoms with Crippen molar-refractivity contribution in [3.63, 3.8) is 0 Å². The Morgan fingerprint density at radius 2 is 1.73 bits per heavy atom. The number of amides is 1. The lowest BCUT2D eigenvalue weighted by Gasteiger charge is -2.04. The first-order valence-electron chi connectivity index (χ1n) is 7.88. The summed E-state index contributed by atoms with van der Waals surface area (Å²) in [4.78, 5) is 18.4. The van der Waals surface area contributed by atoms with Crippen LogP contribution >= 0.6 is 34.3 Å². The third kappa shape index (κ3) is 3.55. The van der Waals surface area contributed by atoms with Gasteiger partial charge in [-0.2, -0.15) is 0 Å². The van der Waals surface area contributed by atoms with Crippen LogP contribution in [-0.2, 0) is 0 Å². The first-order valence-corrected chi connectivity index (χ1v) is 9.95. The summed E-state index contributed by atoms with van der Waals surface area (Å²) in [6.45, 7) is 0. The number of halogens is 1. The summed E-state index contributed by atoms with van der Waals surface area (Å²) in [5, 5.41) is 7.23. The van der Waals surface area contributed by atoms with Crippen LogP contribution in [-0.4, -0.2) is 10.9 Å². The van der Waals surface area contributed by atoms with Crippen molar-refractivity contribution in [2.45, 2.75) is 0 Å². The molecule has 0 atom stereocenters. The smallest absolute Gasteiger partial charge is 0.256 e. The SMILES string of the molecule is O=C(Nc1sc(-c2ccccc2)nc1-c1cccs1)c1ccc(Cl)cc1. The van der Waals surface area contributed by atoms with Crippen LogP contribution in [0.15, 0.2) is 72.1 Å². The van der Waals surface area contributed by atoms with E-state index in [9.17, 15) is 4.79 Å². The van der Waals surface area contributed by atoms with Crippen molar-refractivity contribution in [1.29, 1.82) is 0 Å². The second-order valence-electron chi connectivity index (χ2n) is 5.50. The highest BCUT2D eigenvalue weighted by molar-refractivity contribution is 7.20. The molecular weight excluding hydrogens is 384 g/mol. The fourth-order valence-electron chi connectivity index (χ4n) is 2.47. The molecule has 0 bridgehead atoms. The second kappa shape index (κ2) is 7.41. The van der Waals surface area contributed by atoms with Crippen LogP contribution in [0.2, 0.25) is 5.02 Å². The molecule has 0 spiro atoms. The van der Waals surface area contributed by atoms with E-state index >= 15 is 0 Å². The molecule has 0 radical (unpaired) electrons. The number of carbonyl (C=O) groups is 1. The number of aromatic nitrogens is 1. The second-order valence-corrected chi connectivity index (χ2v) is 7.88. The summed E-state index contributed by atoms with van der Waals surface area (Å²) in [5.74, 6) is -0.178. The number of thiazole rings is 1. The molecule has 0 aliphatic carbocycles. The fraction of sp³-hybridized carbons (Fsp3) is 0. The molecule has 0 saturated carbocycles. The lowest BCUT2D eigenvalue weighted by Crippen LogP contribution is -2.11. The van der Waals surface area contributed by atoms with Crippen LogP contribution in [0.25, 0.3) is 21.1 Å². The Labute approximate surface area is 163 Å². The average molecular weight is 397 g/mol. The van der Waals surface area contributed by atoms with Gasteiger partial charge in [-0.15, -0.1) is 11.3 Å². The van der Waals surface area contributed by atoms with Crippen LogP contribution in [0.1, 0.15) is 10.4 Å². The molecule has 0 aliphatic rings. The number of anilines is 1. The van der Waals surface area contributed by atoms with Gasteiger partial charge in [-0.3, -0.25) is 4.79 Å². The van der Waals surface area contributed by atoms with Crippen molar-refractivity contribution >= 4 is 45.2 Å². The Bertz CT molecular complexity index is 1030. The van der Waals surface area contributed by atoms with Crippen molar-refractivity contribution in [3.05, 3.63) is 82.7 Å². The van der Waals surface area contributed by atoms with Gasteiger partial charge in [-0.1, -0.05) is 59.3 Å². The summed E-state index contributed by atoms with van der Waals surface area (Å²) in [7, 11) is 0. The minimum Gasteiger partial charge on any atom is -0.312 e. The van der Waals surface area contributed by atoms with E-state index in [4.69, 9.17) is 16.6 Å². The van der Waals surface area contributed by atoms with Crippen LogP contribution in [0.4, 0.5) is 5.00 Å². The third-order valence-electron chi connectivity index (χ3n) is 3.74. The molecule has 3 nitrogen and oxygen atoms in total. The molecule has 26 heavy (non-hydrogen) atoms. The highest BCUT2D eigenvalue weighted by Crippen LogP contribution is 2.39. The number of nitrogens with zero attached hydrogens (tertiary/aromatic N) is 1. The third-order valence-corrected chi connectivity index (χ3v) is 5.88.